The third kappa shape index (κ3) is 2.99. The van der Waals surface area contributed by atoms with Crippen molar-refractivity contribution in [1.82, 2.24) is 5.32 Å². The van der Waals surface area contributed by atoms with Crippen LogP contribution in [0.25, 0.3) is 0 Å². The van der Waals surface area contributed by atoms with Gasteiger partial charge < -0.3 is 29.7 Å². The predicted molar refractivity (Wildman–Crippen MR) is 74.9 cm³/mol. The highest BCUT2D eigenvalue weighted by atomic mass is 16.7. The fourth-order valence-corrected chi connectivity index (χ4v) is 2.71. The molecule has 2 fully saturated rings. The lowest BCUT2D eigenvalue weighted by molar-refractivity contribution is -0.330. The number of fused-ring (bicyclic) bond motifs is 1. The van der Waals surface area contributed by atoms with E-state index < -0.39 is 42.8 Å². The summed E-state index contributed by atoms with van der Waals surface area (Å²) < 4.78 is 16.2. The van der Waals surface area contributed by atoms with Gasteiger partial charge in [-0.2, -0.15) is 0 Å². The van der Waals surface area contributed by atoms with Crippen molar-refractivity contribution in [3.63, 3.8) is 0 Å². The molecule has 2 aliphatic heterocycles. The Morgan fingerprint density at radius 1 is 1.23 bits per heavy atom. The van der Waals surface area contributed by atoms with Gasteiger partial charge in [-0.15, -0.1) is 0 Å². The van der Waals surface area contributed by atoms with E-state index in [9.17, 15) is 15.0 Å². The van der Waals surface area contributed by atoms with Gasteiger partial charge >= 0.3 is 0 Å². The summed E-state index contributed by atoms with van der Waals surface area (Å²) >= 11 is 0. The lowest BCUT2D eigenvalue weighted by atomic mass is 9.96. The molecule has 22 heavy (non-hydrogen) atoms. The van der Waals surface area contributed by atoms with Gasteiger partial charge in [0.15, 0.2) is 12.6 Å². The van der Waals surface area contributed by atoms with Crippen LogP contribution in [0.4, 0.5) is 0 Å². The molecule has 1 amide bonds. The highest BCUT2D eigenvalue weighted by Gasteiger charge is 2.48. The monoisotopic (exact) mass is 309 g/mol. The molecule has 3 N–H and O–H groups in total. The van der Waals surface area contributed by atoms with Gasteiger partial charge in [0.1, 0.15) is 24.4 Å². The molecule has 0 aliphatic carbocycles. The van der Waals surface area contributed by atoms with E-state index in [-0.39, 0.29) is 6.61 Å². The Kier molecular flexibility index (Phi) is 4.42. The number of aliphatic hydroxyl groups excluding tert-OH is 2. The minimum absolute atomic E-state index is 0.222. The Morgan fingerprint density at radius 3 is 2.68 bits per heavy atom. The molecule has 6 atom stereocenters. The van der Waals surface area contributed by atoms with Gasteiger partial charge in [-0.05, 0) is 19.1 Å². The van der Waals surface area contributed by atoms with E-state index >= 15 is 0 Å². The summed E-state index contributed by atoms with van der Waals surface area (Å²) in [5, 5.41) is 23.0. The summed E-state index contributed by atoms with van der Waals surface area (Å²) in [6.07, 6.45) is -4.11. The van der Waals surface area contributed by atoms with Crippen LogP contribution < -0.4 is 5.32 Å². The van der Waals surface area contributed by atoms with Crippen LogP contribution in [0.2, 0.25) is 0 Å². The van der Waals surface area contributed by atoms with Crippen LogP contribution >= 0.6 is 0 Å². The van der Waals surface area contributed by atoms with E-state index in [0.29, 0.717) is 5.56 Å². The largest absolute Gasteiger partial charge is 0.388 e. The molecule has 2 saturated heterocycles. The van der Waals surface area contributed by atoms with E-state index in [2.05, 4.69) is 5.32 Å². The van der Waals surface area contributed by atoms with Crippen molar-refractivity contribution in [3.05, 3.63) is 35.9 Å². The SMILES string of the molecule is CC1OC[C@H]2OC(O)[C@H](NC(=O)c3ccccc3)[C@@H](O)[C@@H]2O1. The minimum Gasteiger partial charge on any atom is -0.388 e. The first kappa shape index (κ1) is 15.4. The summed E-state index contributed by atoms with van der Waals surface area (Å²) in [6, 6.07) is 7.59. The van der Waals surface area contributed by atoms with Crippen LogP contribution in [-0.4, -0.2) is 59.7 Å². The van der Waals surface area contributed by atoms with Crippen molar-refractivity contribution in [2.24, 2.45) is 0 Å². The number of aliphatic hydroxyl groups is 2. The smallest absolute Gasteiger partial charge is 0.251 e. The molecule has 2 heterocycles. The van der Waals surface area contributed by atoms with Crippen LogP contribution in [0.3, 0.4) is 0 Å². The molecule has 0 saturated carbocycles. The van der Waals surface area contributed by atoms with E-state index in [4.69, 9.17) is 14.2 Å². The first-order valence-corrected chi connectivity index (χ1v) is 7.21. The maximum absolute atomic E-state index is 12.2. The second-order valence-electron chi connectivity index (χ2n) is 5.42. The van der Waals surface area contributed by atoms with Crippen LogP contribution in [0.5, 0.6) is 0 Å². The fraction of sp³-hybridized carbons (Fsp3) is 0.533. The zero-order chi connectivity index (χ0) is 15.7. The van der Waals surface area contributed by atoms with Gasteiger partial charge in [0.05, 0.1) is 6.61 Å². The predicted octanol–water partition coefficient (Wildman–Crippen LogP) is -0.376. The molecule has 2 aliphatic rings. The first-order chi connectivity index (χ1) is 10.6. The number of amides is 1. The van der Waals surface area contributed by atoms with Gasteiger partial charge in [-0.3, -0.25) is 4.79 Å². The Morgan fingerprint density at radius 2 is 1.95 bits per heavy atom. The summed E-state index contributed by atoms with van der Waals surface area (Å²) in [6.45, 7) is 1.94. The van der Waals surface area contributed by atoms with E-state index in [1.54, 1.807) is 37.3 Å². The second kappa shape index (κ2) is 6.31. The number of carbonyl (C=O) groups excluding carboxylic acids is 1. The molecule has 7 heteroatoms. The fourth-order valence-electron chi connectivity index (χ4n) is 2.71. The summed E-state index contributed by atoms with van der Waals surface area (Å²) in [7, 11) is 0. The van der Waals surface area contributed by atoms with Crippen molar-refractivity contribution >= 4 is 5.91 Å². The maximum atomic E-state index is 12.2. The molecule has 0 bridgehead atoms. The average Bonchev–Trinajstić information content (AvgIpc) is 2.53. The molecular formula is C15H19NO6. The Labute approximate surface area is 127 Å². The highest BCUT2D eigenvalue weighted by molar-refractivity contribution is 5.94. The lowest BCUT2D eigenvalue weighted by Crippen LogP contribution is -2.66. The lowest BCUT2D eigenvalue weighted by Gasteiger charge is -2.46. The highest BCUT2D eigenvalue weighted by Crippen LogP contribution is 2.27. The van der Waals surface area contributed by atoms with Crippen LogP contribution in [0.15, 0.2) is 30.3 Å². The van der Waals surface area contributed by atoms with Gasteiger partial charge in [0, 0.05) is 5.56 Å². The number of hydrogen-bond acceptors (Lipinski definition) is 6. The number of nitrogens with one attached hydrogen (secondary N) is 1. The summed E-state index contributed by atoms with van der Waals surface area (Å²) in [4.78, 5) is 12.2. The first-order valence-electron chi connectivity index (χ1n) is 7.21. The van der Waals surface area contributed by atoms with Crippen molar-refractivity contribution < 1.29 is 29.2 Å². The molecule has 0 spiro atoms. The molecule has 1 aromatic rings. The summed E-state index contributed by atoms with van der Waals surface area (Å²) in [5.74, 6) is -0.397. The number of hydrogen-bond donors (Lipinski definition) is 3. The van der Waals surface area contributed by atoms with Crippen LogP contribution in [0, 0.1) is 0 Å². The van der Waals surface area contributed by atoms with Crippen molar-refractivity contribution in [3.8, 4) is 0 Å². The average molecular weight is 309 g/mol. The molecular weight excluding hydrogens is 290 g/mol. The molecule has 3 rings (SSSR count). The van der Waals surface area contributed by atoms with Crippen molar-refractivity contribution in [2.75, 3.05) is 6.61 Å². The van der Waals surface area contributed by atoms with E-state index in [0.717, 1.165) is 0 Å². The molecule has 1 aromatic carbocycles. The van der Waals surface area contributed by atoms with E-state index in [1.807, 2.05) is 0 Å². The van der Waals surface area contributed by atoms with Crippen LogP contribution in [0.1, 0.15) is 17.3 Å². The number of carbonyl (C=O) groups is 1. The second-order valence-corrected chi connectivity index (χ2v) is 5.42. The molecule has 2 unspecified atom stereocenters. The molecule has 7 nitrogen and oxygen atoms in total. The Bertz CT molecular complexity index is 524. The Hall–Kier alpha value is -1.51. The van der Waals surface area contributed by atoms with Gasteiger partial charge in [0.2, 0.25) is 0 Å². The molecule has 0 radical (unpaired) electrons. The number of benzene rings is 1. The van der Waals surface area contributed by atoms with Gasteiger partial charge in [-0.1, -0.05) is 18.2 Å². The quantitative estimate of drug-likeness (QED) is 0.689. The van der Waals surface area contributed by atoms with Crippen LogP contribution in [-0.2, 0) is 14.2 Å². The third-order valence-electron chi connectivity index (χ3n) is 3.87. The van der Waals surface area contributed by atoms with Crippen molar-refractivity contribution in [1.29, 1.82) is 0 Å². The third-order valence-corrected chi connectivity index (χ3v) is 3.87. The standard InChI is InChI=1S/C15H19NO6/c1-8-20-7-10-13(21-8)12(17)11(15(19)22-10)16-14(18)9-5-3-2-4-6-9/h2-6,8,10-13,15,17,19H,7H2,1H3,(H,16,18)/t8?,10-,11-,12-,13-,15?/m1/s1. The van der Waals surface area contributed by atoms with Crippen molar-refractivity contribution in [2.45, 2.75) is 43.9 Å². The molecule has 0 aromatic heterocycles. The zero-order valence-corrected chi connectivity index (χ0v) is 12.1. The topological polar surface area (TPSA) is 97.2 Å². The van der Waals surface area contributed by atoms with Gasteiger partial charge in [-0.25, -0.2) is 0 Å². The maximum Gasteiger partial charge on any atom is 0.251 e. The Balaban J connectivity index is 1.71. The normalized spacial score (nSPS) is 38.1. The molecule has 120 valence electrons. The van der Waals surface area contributed by atoms with E-state index in [1.165, 1.54) is 0 Å². The number of ether oxygens (including phenoxy) is 3. The zero-order valence-electron chi connectivity index (χ0n) is 12.1. The minimum atomic E-state index is -1.33. The summed E-state index contributed by atoms with van der Waals surface area (Å²) in [5.41, 5.74) is 0.435. The van der Waals surface area contributed by atoms with Gasteiger partial charge in [0.25, 0.3) is 5.91 Å². The number of rotatable bonds is 2.